The minimum atomic E-state index is -0.203. The number of furan rings is 1. The largest absolute Gasteiger partial charge is 0.449 e. The zero-order valence-corrected chi connectivity index (χ0v) is 8.64. The van der Waals surface area contributed by atoms with Crippen LogP contribution in [0.15, 0.2) is 53.7 Å². The first-order valence-electron chi connectivity index (χ1n) is 4.87. The van der Waals surface area contributed by atoms with E-state index in [1.807, 2.05) is 18.2 Å². The average molecular weight is 213 g/mol. The van der Waals surface area contributed by atoms with Gasteiger partial charge in [-0.1, -0.05) is 30.9 Å². The zero-order chi connectivity index (χ0) is 11.4. The van der Waals surface area contributed by atoms with Crippen LogP contribution < -0.4 is 5.32 Å². The minimum absolute atomic E-state index is 0.203. The Morgan fingerprint density at radius 1 is 1.25 bits per heavy atom. The van der Waals surface area contributed by atoms with Crippen molar-refractivity contribution in [1.29, 1.82) is 0 Å². The minimum Gasteiger partial charge on any atom is -0.449 e. The van der Waals surface area contributed by atoms with Crippen LogP contribution >= 0.6 is 0 Å². The third kappa shape index (κ3) is 2.03. The lowest BCUT2D eigenvalue weighted by Crippen LogP contribution is -2.12. The number of amides is 1. The summed E-state index contributed by atoms with van der Waals surface area (Å²) in [5.74, 6) is 0.231. The highest BCUT2D eigenvalue weighted by Gasteiger charge is 2.09. The molecule has 0 saturated heterocycles. The van der Waals surface area contributed by atoms with Crippen LogP contribution in [0.4, 0.5) is 5.88 Å². The molecule has 0 unspecified atom stereocenters. The Bertz CT molecular complexity index is 500. The Labute approximate surface area is 93.4 Å². The second-order valence-electron chi connectivity index (χ2n) is 3.22. The lowest BCUT2D eigenvalue weighted by molar-refractivity contribution is 0.102. The van der Waals surface area contributed by atoms with E-state index < -0.39 is 0 Å². The Hall–Kier alpha value is -2.29. The van der Waals surface area contributed by atoms with E-state index in [9.17, 15) is 4.79 Å². The van der Waals surface area contributed by atoms with Crippen LogP contribution in [0.1, 0.15) is 15.9 Å². The fourth-order valence-corrected chi connectivity index (χ4v) is 1.41. The van der Waals surface area contributed by atoms with Crippen LogP contribution in [-0.2, 0) is 0 Å². The number of hydrogen-bond donors (Lipinski definition) is 1. The molecular weight excluding hydrogens is 202 g/mol. The van der Waals surface area contributed by atoms with Crippen molar-refractivity contribution >= 4 is 17.9 Å². The van der Waals surface area contributed by atoms with Crippen LogP contribution in [0.2, 0.25) is 0 Å². The third-order valence-corrected chi connectivity index (χ3v) is 2.18. The lowest BCUT2D eigenvalue weighted by atomic mass is 10.1. The average Bonchev–Trinajstić information content (AvgIpc) is 2.81. The molecule has 1 amide bonds. The zero-order valence-electron chi connectivity index (χ0n) is 8.64. The molecule has 1 N–H and O–H groups in total. The van der Waals surface area contributed by atoms with Crippen molar-refractivity contribution in [2.75, 3.05) is 5.32 Å². The first-order valence-corrected chi connectivity index (χ1v) is 4.87. The van der Waals surface area contributed by atoms with Crippen molar-refractivity contribution in [2.24, 2.45) is 0 Å². The van der Waals surface area contributed by atoms with Gasteiger partial charge in [0.2, 0.25) is 0 Å². The summed E-state index contributed by atoms with van der Waals surface area (Å²) in [5, 5.41) is 2.66. The number of nitrogens with one attached hydrogen (secondary N) is 1. The van der Waals surface area contributed by atoms with E-state index >= 15 is 0 Å². The summed E-state index contributed by atoms with van der Waals surface area (Å²) in [6.07, 6.45) is 3.16. The smallest absolute Gasteiger partial charge is 0.258 e. The number of carbonyl (C=O) groups excluding carboxylic acids is 1. The predicted molar refractivity (Wildman–Crippen MR) is 63.2 cm³/mol. The quantitative estimate of drug-likeness (QED) is 0.850. The van der Waals surface area contributed by atoms with Gasteiger partial charge >= 0.3 is 0 Å². The third-order valence-electron chi connectivity index (χ3n) is 2.18. The number of rotatable bonds is 3. The van der Waals surface area contributed by atoms with E-state index in [2.05, 4.69) is 11.9 Å². The highest BCUT2D eigenvalue weighted by atomic mass is 16.3. The summed E-state index contributed by atoms with van der Waals surface area (Å²) < 4.78 is 5.04. The summed E-state index contributed by atoms with van der Waals surface area (Å²) in [6, 6.07) is 10.7. The summed E-state index contributed by atoms with van der Waals surface area (Å²) in [5.41, 5.74) is 1.38. The van der Waals surface area contributed by atoms with E-state index in [0.29, 0.717) is 11.4 Å². The van der Waals surface area contributed by atoms with E-state index in [1.165, 1.54) is 6.26 Å². The second kappa shape index (κ2) is 4.49. The molecule has 0 fully saturated rings. The molecule has 16 heavy (non-hydrogen) atoms. The van der Waals surface area contributed by atoms with Crippen molar-refractivity contribution in [1.82, 2.24) is 0 Å². The SMILES string of the molecule is C=Cc1ccccc1C(=O)Nc1ccco1. The fourth-order valence-electron chi connectivity index (χ4n) is 1.41. The molecular formula is C13H11NO2. The molecule has 0 spiro atoms. The molecule has 2 aromatic rings. The first kappa shape index (κ1) is 10.2. The lowest BCUT2D eigenvalue weighted by Gasteiger charge is -2.04. The molecule has 1 aromatic heterocycles. The van der Waals surface area contributed by atoms with Crippen LogP contribution in [0.5, 0.6) is 0 Å². The summed E-state index contributed by atoms with van der Waals surface area (Å²) >= 11 is 0. The summed E-state index contributed by atoms with van der Waals surface area (Å²) in [6.45, 7) is 3.67. The topological polar surface area (TPSA) is 42.2 Å². The van der Waals surface area contributed by atoms with Gasteiger partial charge in [0.25, 0.3) is 5.91 Å². The number of hydrogen-bond acceptors (Lipinski definition) is 2. The van der Waals surface area contributed by atoms with Crippen LogP contribution in [0.3, 0.4) is 0 Å². The van der Waals surface area contributed by atoms with Gasteiger partial charge in [-0.25, -0.2) is 0 Å². The van der Waals surface area contributed by atoms with Crippen LogP contribution in [-0.4, -0.2) is 5.91 Å². The van der Waals surface area contributed by atoms with Crippen molar-refractivity contribution < 1.29 is 9.21 Å². The standard InChI is InChI=1S/C13H11NO2/c1-2-10-6-3-4-7-11(10)13(15)14-12-8-5-9-16-12/h2-9H,1H2,(H,14,15). The van der Waals surface area contributed by atoms with Crippen LogP contribution in [0, 0.1) is 0 Å². The molecule has 1 aromatic carbocycles. The van der Waals surface area contributed by atoms with E-state index in [1.54, 1.807) is 24.3 Å². The molecule has 0 bridgehead atoms. The number of carbonyl (C=O) groups is 1. The first-order chi connectivity index (χ1) is 7.81. The molecule has 2 rings (SSSR count). The molecule has 0 aliphatic heterocycles. The van der Waals surface area contributed by atoms with Crippen molar-refractivity contribution in [3.8, 4) is 0 Å². The van der Waals surface area contributed by atoms with Gasteiger partial charge in [0.05, 0.1) is 6.26 Å². The van der Waals surface area contributed by atoms with Gasteiger partial charge in [0, 0.05) is 11.6 Å². The van der Waals surface area contributed by atoms with Gasteiger partial charge in [-0.15, -0.1) is 0 Å². The van der Waals surface area contributed by atoms with Crippen molar-refractivity contribution in [3.05, 3.63) is 60.4 Å². The van der Waals surface area contributed by atoms with Crippen LogP contribution in [0.25, 0.3) is 6.08 Å². The highest BCUT2D eigenvalue weighted by molar-refractivity contribution is 6.05. The Kier molecular flexibility index (Phi) is 2.87. The Morgan fingerprint density at radius 3 is 2.75 bits per heavy atom. The Morgan fingerprint density at radius 2 is 2.06 bits per heavy atom. The molecule has 80 valence electrons. The Balaban J connectivity index is 2.24. The van der Waals surface area contributed by atoms with E-state index in [0.717, 1.165) is 5.56 Å². The van der Waals surface area contributed by atoms with Gasteiger partial charge in [0.1, 0.15) is 0 Å². The van der Waals surface area contributed by atoms with E-state index in [-0.39, 0.29) is 5.91 Å². The molecule has 0 radical (unpaired) electrons. The number of anilines is 1. The molecule has 0 atom stereocenters. The normalized spacial score (nSPS) is 9.75. The van der Waals surface area contributed by atoms with Crippen molar-refractivity contribution in [2.45, 2.75) is 0 Å². The molecule has 1 heterocycles. The highest BCUT2D eigenvalue weighted by Crippen LogP contribution is 2.13. The van der Waals surface area contributed by atoms with Gasteiger partial charge in [-0.05, 0) is 17.7 Å². The summed E-state index contributed by atoms with van der Waals surface area (Å²) in [4.78, 5) is 11.9. The fraction of sp³-hybridized carbons (Fsp3) is 0. The second-order valence-corrected chi connectivity index (χ2v) is 3.22. The van der Waals surface area contributed by atoms with E-state index in [4.69, 9.17) is 4.42 Å². The maximum absolute atomic E-state index is 11.9. The van der Waals surface area contributed by atoms with Crippen molar-refractivity contribution in [3.63, 3.8) is 0 Å². The molecule has 3 nitrogen and oxygen atoms in total. The van der Waals surface area contributed by atoms with Gasteiger partial charge in [-0.2, -0.15) is 0 Å². The number of benzene rings is 1. The maximum Gasteiger partial charge on any atom is 0.258 e. The summed E-state index contributed by atoms with van der Waals surface area (Å²) in [7, 11) is 0. The molecule has 0 saturated carbocycles. The van der Waals surface area contributed by atoms with Gasteiger partial charge in [0.15, 0.2) is 5.88 Å². The van der Waals surface area contributed by atoms with Gasteiger partial charge in [-0.3, -0.25) is 10.1 Å². The molecule has 0 aliphatic carbocycles. The monoisotopic (exact) mass is 213 g/mol. The predicted octanol–water partition coefficient (Wildman–Crippen LogP) is 3.17. The maximum atomic E-state index is 11.9. The molecule has 3 heteroatoms. The van der Waals surface area contributed by atoms with Gasteiger partial charge < -0.3 is 4.42 Å². The molecule has 0 aliphatic rings.